The molecular weight excluding hydrogens is 328 g/mol. The summed E-state index contributed by atoms with van der Waals surface area (Å²) in [5.41, 5.74) is 2.96. The first-order chi connectivity index (χ1) is 12.5. The van der Waals surface area contributed by atoms with Crippen molar-refractivity contribution >= 4 is 34.5 Å². The Hall–Kier alpha value is -3.41. The Bertz CT molecular complexity index is 1000. The fourth-order valence-electron chi connectivity index (χ4n) is 2.79. The van der Waals surface area contributed by atoms with E-state index in [2.05, 4.69) is 10.3 Å². The fraction of sp³-hybridized carbons (Fsp3) is 0.150. The number of aryl methyl sites for hydroxylation is 1. The van der Waals surface area contributed by atoms with Crippen LogP contribution in [0.3, 0.4) is 0 Å². The number of hydrogen-bond donors (Lipinski definition) is 1. The minimum absolute atomic E-state index is 0.188. The molecule has 1 N–H and O–H groups in total. The number of nitrogens with zero attached hydrogens (tertiary/aromatic N) is 3. The molecule has 3 aromatic rings. The number of nitrogens with one attached hydrogen (secondary N) is 1. The Labute approximate surface area is 151 Å². The van der Waals surface area contributed by atoms with Crippen molar-refractivity contribution in [3.8, 4) is 0 Å². The summed E-state index contributed by atoms with van der Waals surface area (Å²) < 4.78 is 2.03. The first-order valence-corrected chi connectivity index (χ1v) is 8.19. The molecule has 6 nitrogen and oxygen atoms in total. The summed E-state index contributed by atoms with van der Waals surface area (Å²) in [6.07, 6.45) is 6.84. The number of aromatic nitrogens is 2. The van der Waals surface area contributed by atoms with Gasteiger partial charge in [-0.25, -0.2) is 0 Å². The lowest BCUT2D eigenvalue weighted by Gasteiger charge is -2.15. The van der Waals surface area contributed by atoms with E-state index in [0.717, 1.165) is 16.5 Å². The molecular formula is C20H20N4O2. The van der Waals surface area contributed by atoms with Gasteiger partial charge in [-0.2, -0.15) is 0 Å². The number of benzene rings is 1. The highest BCUT2D eigenvalue weighted by atomic mass is 16.2. The lowest BCUT2D eigenvalue weighted by atomic mass is 10.1. The third-order valence-electron chi connectivity index (χ3n) is 4.25. The number of anilines is 1. The van der Waals surface area contributed by atoms with Gasteiger partial charge in [0.2, 0.25) is 0 Å². The Morgan fingerprint density at radius 3 is 2.77 bits per heavy atom. The molecule has 0 fully saturated rings. The van der Waals surface area contributed by atoms with E-state index in [0.29, 0.717) is 5.69 Å². The van der Waals surface area contributed by atoms with Crippen molar-refractivity contribution in [2.24, 2.45) is 7.05 Å². The van der Waals surface area contributed by atoms with Crippen LogP contribution in [0, 0.1) is 0 Å². The highest BCUT2D eigenvalue weighted by Crippen LogP contribution is 2.21. The zero-order valence-corrected chi connectivity index (χ0v) is 14.9. The van der Waals surface area contributed by atoms with Crippen LogP contribution >= 0.6 is 0 Å². The molecule has 0 saturated heterocycles. The summed E-state index contributed by atoms with van der Waals surface area (Å²) in [7, 11) is 5.18. The molecule has 0 aliphatic rings. The van der Waals surface area contributed by atoms with Crippen LogP contribution < -0.4 is 10.2 Å². The number of hydrogen-bond acceptors (Lipinski definition) is 3. The molecule has 0 atom stereocenters. The first kappa shape index (κ1) is 17.4. The van der Waals surface area contributed by atoms with E-state index in [1.165, 1.54) is 17.2 Å². The van der Waals surface area contributed by atoms with Gasteiger partial charge < -0.3 is 14.8 Å². The maximum absolute atomic E-state index is 12.5. The van der Waals surface area contributed by atoms with Crippen molar-refractivity contribution in [1.29, 1.82) is 0 Å². The van der Waals surface area contributed by atoms with Gasteiger partial charge in [0.25, 0.3) is 11.8 Å². The lowest BCUT2D eigenvalue weighted by Crippen LogP contribution is -2.25. The van der Waals surface area contributed by atoms with E-state index in [-0.39, 0.29) is 17.5 Å². The second-order valence-electron chi connectivity index (χ2n) is 5.92. The van der Waals surface area contributed by atoms with Crippen LogP contribution in [0.1, 0.15) is 16.1 Å². The first-order valence-electron chi connectivity index (χ1n) is 8.19. The molecule has 0 bridgehead atoms. The normalized spacial score (nSPS) is 11.0. The summed E-state index contributed by atoms with van der Waals surface area (Å²) in [5.74, 6) is -0.481. The second-order valence-corrected chi connectivity index (χ2v) is 5.92. The van der Waals surface area contributed by atoms with Crippen molar-refractivity contribution in [2.75, 3.05) is 19.0 Å². The van der Waals surface area contributed by atoms with Gasteiger partial charge in [0.15, 0.2) is 0 Å². The van der Waals surface area contributed by atoms with Crippen LogP contribution in [0.25, 0.3) is 17.0 Å². The van der Waals surface area contributed by atoms with Gasteiger partial charge in [-0.15, -0.1) is 0 Å². The Morgan fingerprint density at radius 2 is 2.00 bits per heavy atom. The van der Waals surface area contributed by atoms with Gasteiger partial charge in [0, 0.05) is 61.8 Å². The van der Waals surface area contributed by atoms with Crippen molar-refractivity contribution in [1.82, 2.24) is 14.9 Å². The van der Waals surface area contributed by atoms with Crippen LogP contribution in [0.4, 0.5) is 5.69 Å². The third-order valence-corrected chi connectivity index (χ3v) is 4.25. The molecule has 0 aliphatic carbocycles. The molecule has 0 saturated carbocycles. The van der Waals surface area contributed by atoms with E-state index in [1.807, 2.05) is 48.2 Å². The molecule has 2 heterocycles. The third kappa shape index (κ3) is 3.35. The Balaban J connectivity index is 1.83. The van der Waals surface area contributed by atoms with Crippen molar-refractivity contribution in [3.05, 3.63) is 66.1 Å². The fourth-order valence-corrected chi connectivity index (χ4v) is 2.79. The van der Waals surface area contributed by atoms with E-state index in [1.54, 1.807) is 26.2 Å². The molecule has 2 amide bonds. The minimum atomic E-state index is -0.293. The summed E-state index contributed by atoms with van der Waals surface area (Å²) >= 11 is 0. The molecule has 3 rings (SSSR count). The molecule has 6 heteroatoms. The van der Waals surface area contributed by atoms with Gasteiger partial charge in [-0.1, -0.05) is 18.2 Å². The van der Waals surface area contributed by atoms with Gasteiger partial charge in [0.05, 0.1) is 0 Å². The topological polar surface area (TPSA) is 67.2 Å². The number of fused-ring (bicyclic) bond motifs is 1. The molecule has 0 aliphatic heterocycles. The number of amides is 2. The Morgan fingerprint density at radius 1 is 1.23 bits per heavy atom. The lowest BCUT2D eigenvalue weighted by molar-refractivity contribution is -0.113. The number of rotatable bonds is 4. The van der Waals surface area contributed by atoms with Gasteiger partial charge >= 0.3 is 0 Å². The molecule has 1 aromatic carbocycles. The van der Waals surface area contributed by atoms with Crippen molar-refractivity contribution in [2.45, 2.75) is 0 Å². The maximum Gasteiger partial charge on any atom is 0.269 e. The Kier molecular flexibility index (Phi) is 4.84. The zero-order valence-electron chi connectivity index (χ0n) is 14.9. The largest absolute Gasteiger partial charge is 0.354 e. The van der Waals surface area contributed by atoms with E-state index in [9.17, 15) is 9.59 Å². The van der Waals surface area contributed by atoms with E-state index < -0.39 is 0 Å². The number of carbonyl (C=O) groups excluding carboxylic acids is 2. The van der Waals surface area contributed by atoms with Crippen LogP contribution in [0.15, 0.2) is 54.9 Å². The highest BCUT2D eigenvalue weighted by Gasteiger charge is 2.12. The van der Waals surface area contributed by atoms with Gasteiger partial charge in [-0.3, -0.25) is 14.6 Å². The van der Waals surface area contributed by atoms with Gasteiger partial charge in [0.1, 0.15) is 5.69 Å². The predicted molar refractivity (Wildman–Crippen MR) is 103 cm³/mol. The van der Waals surface area contributed by atoms with Crippen LogP contribution in [-0.2, 0) is 11.8 Å². The molecule has 2 aromatic heterocycles. The molecule has 132 valence electrons. The highest BCUT2D eigenvalue weighted by molar-refractivity contribution is 6.05. The van der Waals surface area contributed by atoms with Crippen molar-refractivity contribution in [3.63, 3.8) is 0 Å². The molecule has 0 unspecified atom stereocenters. The van der Waals surface area contributed by atoms with Crippen LogP contribution in [0.5, 0.6) is 0 Å². The van der Waals surface area contributed by atoms with E-state index in [4.69, 9.17) is 0 Å². The number of likely N-dealkylation sites (N-methyl/N-ethyl adjacent to an activating group) is 1. The quantitative estimate of drug-likeness (QED) is 0.737. The monoisotopic (exact) mass is 348 g/mol. The molecule has 0 radical (unpaired) electrons. The summed E-state index contributed by atoms with van der Waals surface area (Å²) in [4.78, 5) is 29.7. The van der Waals surface area contributed by atoms with Crippen molar-refractivity contribution < 1.29 is 9.59 Å². The SMILES string of the molecule is CNC(=O)c1cc(N(C)C(=O)/C=C/c2cn(C)c3ccccc23)ccn1. The van der Waals surface area contributed by atoms with Crippen LogP contribution in [0.2, 0.25) is 0 Å². The predicted octanol–water partition coefficient (Wildman–Crippen LogP) is 2.61. The zero-order chi connectivity index (χ0) is 18.7. The average Bonchev–Trinajstić information content (AvgIpc) is 3.01. The van der Waals surface area contributed by atoms with Crippen LogP contribution in [-0.4, -0.2) is 35.5 Å². The smallest absolute Gasteiger partial charge is 0.269 e. The maximum atomic E-state index is 12.5. The summed E-state index contributed by atoms with van der Waals surface area (Å²) in [5, 5.41) is 3.61. The molecule has 0 spiro atoms. The minimum Gasteiger partial charge on any atom is -0.354 e. The standard InChI is InChI=1S/C20H20N4O2/c1-21-20(26)17-12-15(10-11-22-17)24(3)19(25)9-8-14-13-23(2)18-7-5-4-6-16(14)18/h4-13H,1-3H3,(H,21,26)/b9-8+. The van der Waals surface area contributed by atoms with Gasteiger partial charge in [-0.05, 0) is 24.3 Å². The number of pyridine rings is 1. The molecule has 26 heavy (non-hydrogen) atoms. The van der Waals surface area contributed by atoms with E-state index >= 15 is 0 Å². The second kappa shape index (κ2) is 7.23. The number of para-hydroxylation sites is 1. The average molecular weight is 348 g/mol. The number of carbonyl (C=O) groups is 2. The summed E-state index contributed by atoms with van der Waals surface area (Å²) in [6.45, 7) is 0. The summed E-state index contributed by atoms with van der Waals surface area (Å²) in [6, 6.07) is 11.3.